The van der Waals surface area contributed by atoms with Crippen LogP contribution in [-0.4, -0.2) is 16.8 Å². The van der Waals surface area contributed by atoms with Gasteiger partial charge in [0, 0.05) is 5.56 Å². The van der Waals surface area contributed by atoms with Gasteiger partial charge in [-0.25, -0.2) is 0 Å². The second kappa shape index (κ2) is 2.80. The summed E-state index contributed by atoms with van der Waals surface area (Å²) in [5.74, 6) is 0.0255. The van der Waals surface area contributed by atoms with Crippen molar-refractivity contribution in [3.63, 3.8) is 0 Å². The fourth-order valence-electron chi connectivity index (χ4n) is 0.798. The summed E-state index contributed by atoms with van der Waals surface area (Å²) in [5.41, 5.74) is 6.60. The topological polar surface area (TPSA) is 66.5 Å². The van der Waals surface area contributed by atoms with E-state index in [0.717, 1.165) is 17.7 Å². The number of hydrogen-bond donors (Lipinski definition) is 3. The summed E-state index contributed by atoms with van der Waals surface area (Å²) in [5, 5.41) is 17.5. The minimum atomic E-state index is -0.00231. The average Bonchev–Trinajstić information content (AvgIpc) is 2.62. The highest BCUT2D eigenvalue weighted by Crippen LogP contribution is 2.49. The van der Waals surface area contributed by atoms with E-state index in [9.17, 15) is 0 Å². The molecule has 0 bridgehead atoms. The van der Waals surface area contributed by atoms with Gasteiger partial charge in [0.15, 0.2) is 11.5 Å². The lowest BCUT2D eigenvalue weighted by Gasteiger charge is -1.82. The standard InChI is InChI=1S/C6H4O2.C2H7N/c7-5-2-3-1-4(3)6(5)8;1-2-3/h1-2,7-8H;2-3H2,1H3. The molecule has 4 N–H and O–H groups in total. The van der Waals surface area contributed by atoms with Crippen molar-refractivity contribution >= 4 is 0 Å². The monoisotopic (exact) mass is 153 g/mol. The number of phenolic OH excluding ortho intramolecular Hbond substituents is 2. The third-order valence-electron chi connectivity index (χ3n) is 1.32. The van der Waals surface area contributed by atoms with Gasteiger partial charge in [0.05, 0.1) is 0 Å². The van der Waals surface area contributed by atoms with E-state index < -0.39 is 0 Å². The molecule has 0 saturated heterocycles. The van der Waals surface area contributed by atoms with E-state index in [4.69, 9.17) is 15.9 Å². The molecule has 2 aliphatic rings. The summed E-state index contributed by atoms with van der Waals surface area (Å²) in [6.45, 7) is 2.65. The Hall–Kier alpha value is -1.22. The number of aromatic hydroxyl groups is 2. The van der Waals surface area contributed by atoms with Crippen LogP contribution in [0.4, 0.5) is 0 Å². The highest BCUT2D eigenvalue weighted by molar-refractivity contribution is 5.90. The highest BCUT2D eigenvalue weighted by Gasteiger charge is 2.21. The van der Waals surface area contributed by atoms with Crippen LogP contribution in [0.3, 0.4) is 0 Å². The van der Waals surface area contributed by atoms with Crippen molar-refractivity contribution in [1.82, 2.24) is 0 Å². The molecule has 11 heavy (non-hydrogen) atoms. The first kappa shape index (κ1) is 7.88. The van der Waals surface area contributed by atoms with Gasteiger partial charge in [0.1, 0.15) is 0 Å². The summed E-state index contributed by atoms with van der Waals surface area (Å²) < 4.78 is 0. The lowest BCUT2D eigenvalue weighted by Crippen LogP contribution is -1.87. The smallest absolute Gasteiger partial charge is 0.165 e. The van der Waals surface area contributed by atoms with Gasteiger partial charge < -0.3 is 15.9 Å². The zero-order chi connectivity index (χ0) is 8.43. The number of phenols is 2. The Balaban J connectivity index is 0.000000179. The molecule has 0 aromatic carbocycles. The van der Waals surface area contributed by atoms with Crippen LogP contribution in [0.2, 0.25) is 0 Å². The van der Waals surface area contributed by atoms with Crippen LogP contribution in [0.15, 0.2) is 12.1 Å². The van der Waals surface area contributed by atoms with Gasteiger partial charge in [0.25, 0.3) is 0 Å². The lowest BCUT2D eigenvalue weighted by atomic mass is 10.5. The van der Waals surface area contributed by atoms with Crippen LogP contribution in [0.5, 0.6) is 11.5 Å². The van der Waals surface area contributed by atoms with Crippen molar-refractivity contribution < 1.29 is 10.2 Å². The summed E-state index contributed by atoms with van der Waals surface area (Å²) in [6.07, 6.45) is 0. The van der Waals surface area contributed by atoms with Crippen molar-refractivity contribution in [3.8, 4) is 22.6 Å². The van der Waals surface area contributed by atoms with E-state index >= 15 is 0 Å². The second-order valence-corrected chi connectivity index (χ2v) is 2.30. The maximum atomic E-state index is 8.82. The number of nitrogens with two attached hydrogens (primary N) is 1. The predicted molar refractivity (Wildman–Crippen MR) is 43.5 cm³/mol. The van der Waals surface area contributed by atoms with E-state index in [2.05, 4.69) is 0 Å². The molecule has 0 spiro atoms. The SMILES string of the molecule is CCN.Oc1cc2cc-2c1O. The molecule has 0 amide bonds. The first-order valence-electron chi connectivity index (χ1n) is 3.47. The van der Waals surface area contributed by atoms with Gasteiger partial charge in [-0.05, 0) is 24.2 Å². The Labute approximate surface area is 65.1 Å². The number of rotatable bonds is 0. The van der Waals surface area contributed by atoms with E-state index in [0.29, 0.717) is 0 Å². The van der Waals surface area contributed by atoms with E-state index in [1.54, 1.807) is 6.07 Å². The molecule has 0 radical (unpaired) electrons. The van der Waals surface area contributed by atoms with Gasteiger partial charge in [0.2, 0.25) is 0 Å². The quantitative estimate of drug-likeness (QED) is 0.495. The summed E-state index contributed by atoms with van der Waals surface area (Å²) in [4.78, 5) is 0. The van der Waals surface area contributed by atoms with Crippen LogP contribution in [0, 0.1) is 0 Å². The normalized spacial score (nSPS) is 10.0. The molecule has 0 unspecified atom stereocenters. The molecular formula is C8H11NO2. The molecule has 3 heteroatoms. The van der Waals surface area contributed by atoms with Crippen molar-refractivity contribution in [2.45, 2.75) is 6.92 Å². The molecule has 2 rings (SSSR count). The molecule has 0 saturated carbocycles. The molecule has 60 valence electrons. The maximum Gasteiger partial charge on any atom is 0.165 e. The average molecular weight is 153 g/mol. The minimum absolute atomic E-state index is 0.00231. The Morgan fingerprint density at radius 2 is 1.91 bits per heavy atom. The van der Waals surface area contributed by atoms with Crippen LogP contribution in [-0.2, 0) is 0 Å². The third kappa shape index (κ3) is 1.43. The summed E-state index contributed by atoms with van der Waals surface area (Å²) in [6, 6.07) is 3.36. The summed E-state index contributed by atoms with van der Waals surface area (Å²) in [7, 11) is 0. The van der Waals surface area contributed by atoms with Crippen molar-refractivity contribution in [1.29, 1.82) is 0 Å². The van der Waals surface area contributed by atoms with Gasteiger partial charge >= 0.3 is 0 Å². The first-order chi connectivity index (χ1) is 5.20. The third-order valence-corrected chi connectivity index (χ3v) is 1.32. The molecule has 0 aromatic heterocycles. The molecule has 0 aliphatic heterocycles. The Morgan fingerprint density at radius 1 is 1.36 bits per heavy atom. The van der Waals surface area contributed by atoms with Gasteiger partial charge in [-0.15, -0.1) is 0 Å². The predicted octanol–water partition coefficient (Wildman–Crippen LogP) is 1.04. The molecular weight excluding hydrogens is 142 g/mol. The van der Waals surface area contributed by atoms with Crippen LogP contribution in [0.25, 0.3) is 11.1 Å². The zero-order valence-electron chi connectivity index (χ0n) is 6.33. The Kier molecular flexibility index (Phi) is 2.01. The second-order valence-electron chi connectivity index (χ2n) is 2.30. The first-order valence-corrected chi connectivity index (χ1v) is 3.47. The van der Waals surface area contributed by atoms with Crippen LogP contribution < -0.4 is 5.73 Å². The van der Waals surface area contributed by atoms with Crippen molar-refractivity contribution in [2.24, 2.45) is 5.73 Å². The molecule has 0 fully saturated rings. The van der Waals surface area contributed by atoms with E-state index in [1.807, 2.05) is 13.0 Å². The number of hydrogen-bond acceptors (Lipinski definition) is 3. The van der Waals surface area contributed by atoms with Gasteiger partial charge in [-0.2, -0.15) is 0 Å². The molecule has 0 aromatic rings. The van der Waals surface area contributed by atoms with Crippen molar-refractivity contribution in [3.05, 3.63) is 12.1 Å². The van der Waals surface area contributed by atoms with Crippen LogP contribution in [0.1, 0.15) is 6.92 Å². The fourth-order valence-corrected chi connectivity index (χ4v) is 0.798. The Morgan fingerprint density at radius 3 is 2.09 bits per heavy atom. The summed E-state index contributed by atoms with van der Waals surface area (Å²) >= 11 is 0. The Bertz CT molecular complexity index is 271. The molecule has 0 heterocycles. The van der Waals surface area contributed by atoms with Gasteiger partial charge in [-0.3, -0.25) is 0 Å². The van der Waals surface area contributed by atoms with Crippen LogP contribution >= 0.6 is 0 Å². The molecule has 2 aliphatic carbocycles. The largest absolute Gasteiger partial charge is 0.504 e. The molecule has 0 atom stereocenters. The minimum Gasteiger partial charge on any atom is -0.504 e. The number of fused-ring (bicyclic) bond motifs is 1. The number of benzene rings is 1. The van der Waals surface area contributed by atoms with E-state index in [-0.39, 0.29) is 11.5 Å². The van der Waals surface area contributed by atoms with Crippen molar-refractivity contribution in [2.75, 3.05) is 6.54 Å². The lowest BCUT2D eigenvalue weighted by molar-refractivity contribution is 0.409. The van der Waals surface area contributed by atoms with E-state index in [1.165, 1.54) is 0 Å². The highest BCUT2D eigenvalue weighted by atomic mass is 16.3. The fraction of sp³-hybridized carbons (Fsp3) is 0.250. The molecule has 3 nitrogen and oxygen atoms in total. The maximum absolute atomic E-state index is 8.82. The zero-order valence-corrected chi connectivity index (χ0v) is 6.33. The van der Waals surface area contributed by atoms with Gasteiger partial charge in [-0.1, -0.05) is 6.92 Å².